The van der Waals surface area contributed by atoms with E-state index in [-0.39, 0.29) is 24.1 Å². The quantitative estimate of drug-likeness (QED) is 0.273. The zero-order valence-corrected chi connectivity index (χ0v) is 19.6. The molecule has 34 heavy (non-hydrogen) atoms. The maximum atomic E-state index is 14.2. The fourth-order valence-corrected chi connectivity index (χ4v) is 5.12. The van der Waals surface area contributed by atoms with Gasteiger partial charge in [-0.1, -0.05) is 30.0 Å². The first-order chi connectivity index (χ1) is 16.4. The molecule has 0 radical (unpaired) electrons. The summed E-state index contributed by atoms with van der Waals surface area (Å²) in [5.74, 6) is 1.28. The largest absolute Gasteiger partial charge is 0.494 e. The molecule has 1 aromatic carbocycles. The molecule has 6 atom stereocenters. The number of fused-ring (bicyclic) bond motifs is 1. The number of hydrogen-bond acceptors (Lipinski definition) is 10. The van der Waals surface area contributed by atoms with E-state index in [1.54, 1.807) is 6.07 Å². The number of halogens is 1. The molecule has 182 valence electrons. The SMILES string of the molecule is CCCSc1nc(NC2CC2c2ccc(OC)c(F)c2)c2nnn([C@H]3C[C@@H](O)[C@H](O)[C@@H]3O)c2n1. The first-order valence-corrected chi connectivity index (χ1v) is 12.3. The van der Waals surface area contributed by atoms with Crippen molar-refractivity contribution in [1.29, 1.82) is 0 Å². The van der Waals surface area contributed by atoms with Crippen LogP contribution in [0.2, 0.25) is 0 Å². The van der Waals surface area contributed by atoms with Gasteiger partial charge in [-0.25, -0.2) is 19.0 Å². The molecule has 2 fully saturated rings. The van der Waals surface area contributed by atoms with E-state index in [0.29, 0.717) is 22.1 Å². The Morgan fingerprint density at radius 3 is 2.71 bits per heavy atom. The summed E-state index contributed by atoms with van der Waals surface area (Å²) in [4.78, 5) is 9.26. The molecule has 2 unspecified atom stereocenters. The van der Waals surface area contributed by atoms with Crippen molar-refractivity contribution in [2.24, 2.45) is 0 Å². The third kappa shape index (κ3) is 4.19. The van der Waals surface area contributed by atoms with Gasteiger partial charge in [0.1, 0.15) is 12.2 Å². The Balaban J connectivity index is 1.44. The third-order valence-electron chi connectivity index (χ3n) is 6.39. The molecule has 5 rings (SSSR count). The highest BCUT2D eigenvalue weighted by Gasteiger charge is 2.44. The predicted molar refractivity (Wildman–Crippen MR) is 124 cm³/mol. The van der Waals surface area contributed by atoms with Gasteiger partial charge in [0.2, 0.25) is 0 Å². The second-order valence-electron chi connectivity index (χ2n) is 8.75. The molecule has 0 spiro atoms. The predicted octanol–water partition coefficient (Wildman–Crippen LogP) is 1.87. The van der Waals surface area contributed by atoms with Gasteiger partial charge in [-0.15, -0.1) is 5.10 Å². The minimum atomic E-state index is -1.25. The Kier molecular flexibility index (Phi) is 6.32. The highest BCUT2D eigenvalue weighted by Crippen LogP contribution is 2.44. The van der Waals surface area contributed by atoms with Crippen LogP contribution in [0.3, 0.4) is 0 Å². The van der Waals surface area contributed by atoms with Gasteiger partial charge < -0.3 is 25.4 Å². The van der Waals surface area contributed by atoms with E-state index < -0.39 is 30.2 Å². The number of methoxy groups -OCH3 is 1. The summed E-state index contributed by atoms with van der Waals surface area (Å²) < 4.78 is 20.6. The van der Waals surface area contributed by atoms with Gasteiger partial charge in [0.05, 0.1) is 19.3 Å². The molecule has 0 amide bonds. The fraction of sp³-hybridized carbons (Fsp3) is 0.545. The molecular formula is C22H27FN6O4S. The first-order valence-electron chi connectivity index (χ1n) is 11.3. The van der Waals surface area contributed by atoms with Crippen LogP contribution in [-0.2, 0) is 0 Å². The Morgan fingerprint density at radius 2 is 2.03 bits per heavy atom. The van der Waals surface area contributed by atoms with Crippen LogP contribution in [0.15, 0.2) is 23.4 Å². The van der Waals surface area contributed by atoms with Gasteiger partial charge in [0.25, 0.3) is 0 Å². The summed E-state index contributed by atoms with van der Waals surface area (Å²) >= 11 is 1.50. The Hall–Kier alpha value is -2.54. The van der Waals surface area contributed by atoms with Gasteiger partial charge in [-0.2, -0.15) is 0 Å². The third-order valence-corrected chi connectivity index (χ3v) is 7.44. The molecule has 2 saturated carbocycles. The van der Waals surface area contributed by atoms with Crippen molar-refractivity contribution < 1.29 is 24.4 Å². The van der Waals surface area contributed by atoms with Gasteiger partial charge in [0.15, 0.2) is 33.7 Å². The lowest BCUT2D eigenvalue weighted by Gasteiger charge is -2.16. The van der Waals surface area contributed by atoms with E-state index in [1.807, 2.05) is 6.07 Å². The Morgan fingerprint density at radius 1 is 1.21 bits per heavy atom. The molecule has 2 aliphatic rings. The van der Waals surface area contributed by atoms with Crippen LogP contribution in [0, 0.1) is 5.82 Å². The minimum Gasteiger partial charge on any atom is -0.494 e. The normalized spacial score (nSPS) is 28.4. The molecule has 2 heterocycles. The lowest BCUT2D eigenvalue weighted by atomic mass is 10.1. The van der Waals surface area contributed by atoms with Gasteiger partial charge in [-0.3, -0.25) is 0 Å². The zero-order chi connectivity index (χ0) is 24.0. The average Bonchev–Trinajstić information content (AvgIpc) is 3.39. The molecule has 12 heteroatoms. The van der Waals surface area contributed by atoms with E-state index in [2.05, 4.69) is 32.5 Å². The van der Waals surface area contributed by atoms with E-state index in [0.717, 1.165) is 24.2 Å². The average molecular weight is 491 g/mol. The molecule has 0 aliphatic heterocycles. The van der Waals surface area contributed by atoms with Crippen molar-refractivity contribution in [1.82, 2.24) is 25.0 Å². The summed E-state index contributed by atoms with van der Waals surface area (Å²) in [5, 5.41) is 42.8. The molecule has 3 aromatic rings. The molecule has 4 N–H and O–H groups in total. The number of aliphatic hydroxyl groups is 3. The molecule has 2 aromatic heterocycles. The van der Waals surface area contributed by atoms with E-state index in [9.17, 15) is 19.7 Å². The molecule has 0 saturated heterocycles. The van der Waals surface area contributed by atoms with Gasteiger partial charge in [0, 0.05) is 24.1 Å². The molecule has 0 bridgehead atoms. The number of aromatic nitrogens is 5. The van der Waals surface area contributed by atoms with Crippen molar-refractivity contribution in [3.05, 3.63) is 29.6 Å². The highest BCUT2D eigenvalue weighted by molar-refractivity contribution is 7.99. The van der Waals surface area contributed by atoms with E-state index >= 15 is 0 Å². The van der Waals surface area contributed by atoms with Crippen molar-refractivity contribution in [3.63, 3.8) is 0 Å². The lowest BCUT2D eigenvalue weighted by Crippen LogP contribution is -2.31. The van der Waals surface area contributed by atoms with E-state index in [1.165, 1.54) is 29.6 Å². The topological polar surface area (TPSA) is 138 Å². The number of ether oxygens (including phenoxy) is 1. The Bertz CT molecular complexity index is 1200. The smallest absolute Gasteiger partial charge is 0.191 e. The first kappa shape index (κ1) is 23.2. The van der Waals surface area contributed by atoms with Gasteiger partial charge in [-0.05, 0) is 30.5 Å². The van der Waals surface area contributed by atoms with Crippen molar-refractivity contribution in [3.8, 4) is 5.75 Å². The maximum absolute atomic E-state index is 14.2. The standard InChI is InChI=1S/C22H27FN6O4S/c1-3-6-34-22-25-20(24-13-8-11(13)10-4-5-16(33-2)12(23)7-10)17-21(26-22)29(28-27-17)14-9-15(30)19(32)18(14)31/h4-5,7,11,13-15,18-19,30-32H,3,6,8-9H2,1-2H3,(H,24,25,26)/t11?,13?,14-,15+,18+,19-/m0/s1. The van der Waals surface area contributed by atoms with Crippen molar-refractivity contribution in [2.45, 2.75) is 67.7 Å². The summed E-state index contributed by atoms with van der Waals surface area (Å²) in [6, 6.07) is 4.38. The Labute approximate surface area is 199 Å². The van der Waals surface area contributed by atoms with Crippen LogP contribution in [0.1, 0.15) is 43.7 Å². The number of anilines is 1. The lowest BCUT2D eigenvalue weighted by molar-refractivity contribution is -0.0253. The number of aliphatic hydroxyl groups excluding tert-OH is 3. The minimum absolute atomic E-state index is 0.0424. The summed E-state index contributed by atoms with van der Waals surface area (Å²) in [7, 11) is 1.44. The number of nitrogens with zero attached hydrogens (tertiary/aromatic N) is 5. The molecule has 10 nitrogen and oxygen atoms in total. The molecular weight excluding hydrogens is 463 g/mol. The fourth-order valence-electron chi connectivity index (χ4n) is 4.43. The van der Waals surface area contributed by atoms with Crippen LogP contribution in [-0.4, -0.2) is 77.5 Å². The van der Waals surface area contributed by atoms with E-state index in [4.69, 9.17) is 4.74 Å². The van der Waals surface area contributed by atoms with Gasteiger partial charge >= 0.3 is 0 Å². The summed E-state index contributed by atoms with van der Waals surface area (Å²) in [6.45, 7) is 2.07. The second-order valence-corrected chi connectivity index (χ2v) is 9.81. The van der Waals surface area contributed by atoms with Crippen molar-refractivity contribution >= 4 is 28.7 Å². The zero-order valence-electron chi connectivity index (χ0n) is 18.8. The van der Waals surface area contributed by atoms with Crippen LogP contribution in [0.4, 0.5) is 10.2 Å². The number of benzene rings is 1. The number of nitrogens with one attached hydrogen (secondary N) is 1. The van der Waals surface area contributed by atoms with Crippen LogP contribution in [0.25, 0.3) is 11.2 Å². The maximum Gasteiger partial charge on any atom is 0.191 e. The number of hydrogen-bond donors (Lipinski definition) is 4. The summed E-state index contributed by atoms with van der Waals surface area (Å²) in [5.41, 5.74) is 1.74. The van der Waals surface area contributed by atoms with Crippen molar-refractivity contribution in [2.75, 3.05) is 18.2 Å². The number of rotatable bonds is 8. The van der Waals surface area contributed by atoms with Crippen LogP contribution in [0.5, 0.6) is 5.75 Å². The second kappa shape index (κ2) is 9.25. The summed E-state index contributed by atoms with van der Waals surface area (Å²) in [6.07, 6.45) is -1.60. The highest BCUT2D eigenvalue weighted by atomic mass is 32.2. The monoisotopic (exact) mass is 490 g/mol. The molecule has 2 aliphatic carbocycles. The number of thioether (sulfide) groups is 1. The van der Waals surface area contributed by atoms with Crippen LogP contribution >= 0.6 is 11.8 Å². The van der Waals surface area contributed by atoms with Crippen LogP contribution < -0.4 is 10.1 Å².